The summed E-state index contributed by atoms with van der Waals surface area (Å²) in [7, 11) is 0. The van der Waals surface area contributed by atoms with Crippen LogP contribution >= 0.6 is 11.6 Å². The zero-order chi connectivity index (χ0) is 21.1. The lowest BCUT2D eigenvalue weighted by Gasteiger charge is -2.13. The summed E-state index contributed by atoms with van der Waals surface area (Å²) >= 11 is 6.28. The van der Waals surface area contributed by atoms with E-state index in [2.05, 4.69) is 10.4 Å². The van der Waals surface area contributed by atoms with Crippen LogP contribution in [0.15, 0.2) is 48.5 Å². The molecular formula is C20H16ClF2N3O3. The van der Waals surface area contributed by atoms with Gasteiger partial charge in [0.1, 0.15) is 22.4 Å². The summed E-state index contributed by atoms with van der Waals surface area (Å²) in [6.07, 6.45) is -1.14. The molecule has 0 radical (unpaired) electrons. The molecule has 3 rings (SSSR count). The van der Waals surface area contributed by atoms with Gasteiger partial charge in [-0.05, 0) is 62.4 Å². The highest BCUT2D eigenvalue weighted by molar-refractivity contribution is 6.33. The maximum Gasteiger partial charge on any atom is 0.344 e. The molecule has 29 heavy (non-hydrogen) atoms. The van der Waals surface area contributed by atoms with Crippen molar-refractivity contribution in [3.8, 4) is 5.69 Å². The van der Waals surface area contributed by atoms with Gasteiger partial charge in [-0.3, -0.25) is 4.79 Å². The van der Waals surface area contributed by atoms with E-state index in [1.54, 1.807) is 6.92 Å². The predicted octanol–water partition coefficient (Wildman–Crippen LogP) is 4.30. The Balaban J connectivity index is 1.73. The number of carbonyl (C=O) groups is 2. The van der Waals surface area contributed by atoms with Gasteiger partial charge in [0, 0.05) is 5.69 Å². The number of ether oxygens (including phenoxy) is 1. The van der Waals surface area contributed by atoms with E-state index < -0.39 is 29.6 Å². The van der Waals surface area contributed by atoms with Crippen molar-refractivity contribution < 1.29 is 23.1 Å². The highest BCUT2D eigenvalue weighted by Gasteiger charge is 2.26. The molecule has 1 amide bonds. The minimum atomic E-state index is -1.14. The topological polar surface area (TPSA) is 73.2 Å². The highest BCUT2D eigenvalue weighted by atomic mass is 35.5. The van der Waals surface area contributed by atoms with Gasteiger partial charge in [-0.2, -0.15) is 5.10 Å². The van der Waals surface area contributed by atoms with Gasteiger partial charge >= 0.3 is 5.97 Å². The van der Waals surface area contributed by atoms with Gasteiger partial charge in [-0.1, -0.05) is 11.6 Å². The van der Waals surface area contributed by atoms with E-state index in [4.69, 9.17) is 16.3 Å². The van der Waals surface area contributed by atoms with E-state index in [-0.39, 0.29) is 16.4 Å². The summed E-state index contributed by atoms with van der Waals surface area (Å²) in [6, 6.07) is 10.6. The second kappa shape index (κ2) is 8.40. The maximum atomic E-state index is 13.1. The first-order valence-corrected chi connectivity index (χ1v) is 8.92. The predicted molar refractivity (Wildman–Crippen MR) is 103 cm³/mol. The third kappa shape index (κ3) is 4.60. The first kappa shape index (κ1) is 20.5. The van der Waals surface area contributed by atoms with Crippen LogP contribution in [-0.4, -0.2) is 27.8 Å². The minimum Gasteiger partial charge on any atom is -0.449 e. The van der Waals surface area contributed by atoms with Gasteiger partial charge in [-0.15, -0.1) is 0 Å². The van der Waals surface area contributed by atoms with Gasteiger partial charge in [0.25, 0.3) is 5.91 Å². The van der Waals surface area contributed by atoms with E-state index in [1.165, 1.54) is 60.1 Å². The van der Waals surface area contributed by atoms with Crippen molar-refractivity contribution in [1.29, 1.82) is 0 Å². The van der Waals surface area contributed by atoms with Crippen LogP contribution < -0.4 is 5.32 Å². The minimum absolute atomic E-state index is 0.00239. The SMILES string of the molecule is Cc1nn(-c2ccc(F)cc2)c(Cl)c1C(=O)O[C@@H](C)C(=O)Nc1ccc(F)cc1. The Labute approximate surface area is 170 Å². The fraction of sp³-hybridized carbons (Fsp3) is 0.150. The molecule has 0 aliphatic heterocycles. The fourth-order valence-corrected chi connectivity index (χ4v) is 2.88. The number of amides is 1. The number of rotatable bonds is 5. The summed E-state index contributed by atoms with van der Waals surface area (Å²) in [4.78, 5) is 24.8. The van der Waals surface area contributed by atoms with Crippen LogP contribution in [0.4, 0.5) is 14.5 Å². The van der Waals surface area contributed by atoms with E-state index in [0.717, 1.165) is 0 Å². The Hall–Kier alpha value is -3.26. The number of halogens is 3. The maximum absolute atomic E-state index is 13.1. The summed E-state index contributed by atoms with van der Waals surface area (Å²) in [5.74, 6) is -2.28. The van der Waals surface area contributed by atoms with Crippen LogP contribution in [0.2, 0.25) is 5.15 Å². The number of aryl methyl sites for hydroxylation is 1. The standard InChI is InChI=1S/C20H16ClF2N3O3/c1-11-17(18(21)26(25-11)16-9-5-14(23)6-10-16)20(28)29-12(2)19(27)24-15-7-3-13(22)4-8-15/h3-10,12H,1-2H3,(H,24,27)/t12-/m0/s1. The van der Waals surface area contributed by atoms with Crippen molar-refractivity contribution in [2.45, 2.75) is 20.0 Å². The zero-order valence-electron chi connectivity index (χ0n) is 15.4. The molecule has 1 atom stereocenters. The molecule has 3 aromatic rings. The van der Waals surface area contributed by atoms with Crippen molar-refractivity contribution in [2.24, 2.45) is 0 Å². The van der Waals surface area contributed by atoms with Crippen LogP contribution in [-0.2, 0) is 9.53 Å². The van der Waals surface area contributed by atoms with Crippen molar-refractivity contribution >= 4 is 29.2 Å². The van der Waals surface area contributed by atoms with Gasteiger partial charge in [-0.25, -0.2) is 18.3 Å². The summed E-state index contributed by atoms with van der Waals surface area (Å²) in [5.41, 5.74) is 1.10. The molecular weight excluding hydrogens is 404 g/mol. The van der Waals surface area contributed by atoms with Crippen LogP contribution in [0.25, 0.3) is 5.69 Å². The molecule has 0 saturated heterocycles. The van der Waals surface area contributed by atoms with Gasteiger partial charge in [0.2, 0.25) is 0 Å². The lowest BCUT2D eigenvalue weighted by Crippen LogP contribution is -2.30. The van der Waals surface area contributed by atoms with Gasteiger partial charge in [0.15, 0.2) is 6.10 Å². The molecule has 1 aromatic heterocycles. The Morgan fingerprint density at radius 2 is 1.62 bits per heavy atom. The van der Waals surface area contributed by atoms with Crippen LogP contribution in [0.1, 0.15) is 23.0 Å². The second-order valence-corrected chi connectivity index (χ2v) is 6.54. The highest BCUT2D eigenvalue weighted by Crippen LogP contribution is 2.25. The van der Waals surface area contributed by atoms with Crippen LogP contribution in [0.5, 0.6) is 0 Å². The molecule has 0 unspecified atom stereocenters. The molecule has 0 aliphatic carbocycles. The zero-order valence-corrected chi connectivity index (χ0v) is 16.2. The Morgan fingerprint density at radius 1 is 1.07 bits per heavy atom. The molecule has 0 bridgehead atoms. The lowest BCUT2D eigenvalue weighted by molar-refractivity contribution is -0.123. The molecule has 2 aromatic carbocycles. The molecule has 6 nitrogen and oxygen atoms in total. The van der Waals surface area contributed by atoms with E-state index in [9.17, 15) is 18.4 Å². The molecule has 1 heterocycles. The van der Waals surface area contributed by atoms with Crippen LogP contribution in [0, 0.1) is 18.6 Å². The van der Waals surface area contributed by atoms with Crippen molar-refractivity contribution in [1.82, 2.24) is 9.78 Å². The number of esters is 1. The third-order valence-electron chi connectivity index (χ3n) is 4.04. The van der Waals surface area contributed by atoms with E-state index in [1.807, 2.05) is 0 Å². The van der Waals surface area contributed by atoms with Crippen molar-refractivity contribution in [3.63, 3.8) is 0 Å². The first-order chi connectivity index (χ1) is 13.8. The number of hydrogen-bond acceptors (Lipinski definition) is 4. The number of aromatic nitrogens is 2. The third-order valence-corrected chi connectivity index (χ3v) is 4.39. The normalized spacial score (nSPS) is 11.8. The number of hydrogen-bond donors (Lipinski definition) is 1. The molecule has 0 spiro atoms. The smallest absolute Gasteiger partial charge is 0.344 e. The summed E-state index contributed by atoms with van der Waals surface area (Å²) < 4.78 is 32.5. The number of anilines is 1. The number of benzene rings is 2. The second-order valence-electron chi connectivity index (χ2n) is 6.18. The van der Waals surface area contributed by atoms with Gasteiger partial charge < -0.3 is 10.1 Å². The van der Waals surface area contributed by atoms with Crippen molar-refractivity contribution in [3.05, 3.63) is 76.6 Å². The largest absolute Gasteiger partial charge is 0.449 e. The Morgan fingerprint density at radius 3 is 2.21 bits per heavy atom. The summed E-state index contributed by atoms with van der Waals surface area (Å²) in [5, 5.41) is 6.68. The Kier molecular flexibility index (Phi) is 5.93. The van der Waals surface area contributed by atoms with E-state index >= 15 is 0 Å². The molecule has 9 heteroatoms. The average Bonchev–Trinajstić information content (AvgIpc) is 2.98. The molecule has 0 aliphatic rings. The quantitative estimate of drug-likeness (QED) is 0.626. The monoisotopic (exact) mass is 419 g/mol. The lowest BCUT2D eigenvalue weighted by atomic mass is 10.2. The van der Waals surface area contributed by atoms with Crippen molar-refractivity contribution in [2.75, 3.05) is 5.32 Å². The van der Waals surface area contributed by atoms with Gasteiger partial charge in [0.05, 0.1) is 11.4 Å². The molecule has 0 fully saturated rings. The van der Waals surface area contributed by atoms with Crippen LogP contribution in [0.3, 0.4) is 0 Å². The first-order valence-electron chi connectivity index (χ1n) is 8.54. The number of nitrogens with zero attached hydrogens (tertiary/aromatic N) is 2. The Bertz CT molecular complexity index is 1050. The molecule has 0 saturated carbocycles. The summed E-state index contributed by atoms with van der Waals surface area (Å²) in [6.45, 7) is 2.95. The number of nitrogens with one attached hydrogen (secondary N) is 1. The fourth-order valence-electron chi connectivity index (χ4n) is 2.53. The average molecular weight is 420 g/mol. The number of carbonyl (C=O) groups excluding carboxylic acids is 2. The molecule has 1 N–H and O–H groups in total. The van der Waals surface area contributed by atoms with E-state index in [0.29, 0.717) is 11.4 Å². The molecule has 150 valence electrons.